The summed E-state index contributed by atoms with van der Waals surface area (Å²) in [6.07, 6.45) is -0.176. The Morgan fingerprint density at radius 1 is 1.05 bits per heavy atom. The lowest BCUT2D eigenvalue weighted by molar-refractivity contribution is 0.225. The first-order chi connectivity index (χ1) is 10.7. The summed E-state index contributed by atoms with van der Waals surface area (Å²) in [5.74, 6) is 0.754. The predicted molar refractivity (Wildman–Crippen MR) is 90.1 cm³/mol. The monoisotopic (exact) mass is 331 g/mol. The molecule has 6 heteroatoms. The smallest absolute Gasteiger partial charge is 0.210 e. The van der Waals surface area contributed by atoms with Gasteiger partial charge in [0.05, 0.1) is 0 Å². The highest BCUT2D eigenvalue weighted by Gasteiger charge is 2.14. The van der Waals surface area contributed by atoms with Crippen molar-refractivity contribution >= 4 is 33.8 Å². The van der Waals surface area contributed by atoms with Gasteiger partial charge in [0, 0.05) is 10.7 Å². The molecule has 0 fully saturated rings. The zero-order chi connectivity index (χ0) is 15.4. The van der Waals surface area contributed by atoms with Gasteiger partial charge in [-0.15, -0.1) is 10.2 Å². The Morgan fingerprint density at radius 3 is 2.50 bits per heavy atom. The van der Waals surface area contributed by atoms with Crippen molar-refractivity contribution in [3.8, 4) is 5.75 Å². The maximum atomic E-state index is 5.86. The molecule has 0 aliphatic carbocycles. The molecule has 1 atom stereocenters. The van der Waals surface area contributed by atoms with Crippen molar-refractivity contribution in [3.63, 3.8) is 0 Å². The van der Waals surface area contributed by atoms with E-state index in [4.69, 9.17) is 16.3 Å². The molecule has 112 valence electrons. The number of nitrogens with zero attached hydrogens (tertiary/aromatic N) is 2. The minimum Gasteiger partial charge on any atom is -0.483 e. The number of hydrogen-bond acceptors (Lipinski definition) is 5. The standard InChI is InChI=1S/C16H14ClN3OS/c1-11(21-14-9-7-12(17)8-10-14)15-19-20-16(22-15)18-13-5-3-2-4-6-13/h2-11H,1H3,(H,18,20). The molecule has 0 bridgehead atoms. The third kappa shape index (κ3) is 3.75. The van der Waals surface area contributed by atoms with Gasteiger partial charge in [-0.05, 0) is 43.3 Å². The Bertz CT molecular complexity index is 731. The van der Waals surface area contributed by atoms with Crippen LogP contribution in [0.15, 0.2) is 54.6 Å². The zero-order valence-corrected chi connectivity index (χ0v) is 13.4. The number of ether oxygens (including phenoxy) is 1. The van der Waals surface area contributed by atoms with Crippen LogP contribution in [0.3, 0.4) is 0 Å². The summed E-state index contributed by atoms with van der Waals surface area (Å²) < 4.78 is 5.84. The second kappa shape index (κ2) is 6.77. The molecule has 3 aromatic rings. The fourth-order valence-corrected chi connectivity index (χ4v) is 2.73. The van der Waals surface area contributed by atoms with Gasteiger partial charge >= 0.3 is 0 Å². The van der Waals surface area contributed by atoms with E-state index < -0.39 is 0 Å². The number of aromatic nitrogens is 2. The third-order valence-corrected chi connectivity index (χ3v) is 4.19. The number of para-hydroxylation sites is 1. The maximum Gasteiger partial charge on any atom is 0.210 e. The van der Waals surface area contributed by atoms with E-state index in [0.717, 1.165) is 21.6 Å². The summed E-state index contributed by atoms with van der Waals surface area (Å²) in [5.41, 5.74) is 0.983. The number of hydrogen-bond donors (Lipinski definition) is 1. The molecule has 1 unspecified atom stereocenters. The first-order valence-corrected chi connectivity index (χ1v) is 7.98. The molecule has 22 heavy (non-hydrogen) atoms. The number of halogens is 1. The number of rotatable bonds is 5. The predicted octanol–water partition coefficient (Wildman–Crippen LogP) is 5.08. The topological polar surface area (TPSA) is 47.0 Å². The highest BCUT2D eigenvalue weighted by atomic mass is 35.5. The van der Waals surface area contributed by atoms with Gasteiger partial charge in [0.15, 0.2) is 5.01 Å². The molecular weight excluding hydrogens is 318 g/mol. The number of nitrogens with one attached hydrogen (secondary N) is 1. The SMILES string of the molecule is CC(Oc1ccc(Cl)cc1)c1nnc(Nc2ccccc2)s1. The van der Waals surface area contributed by atoms with E-state index in [1.165, 1.54) is 11.3 Å². The van der Waals surface area contributed by atoms with E-state index in [2.05, 4.69) is 15.5 Å². The van der Waals surface area contributed by atoms with E-state index >= 15 is 0 Å². The lowest BCUT2D eigenvalue weighted by Crippen LogP contribution is -2.02. The molecule has 0 aliphatic rings. The summed E-state index contributed by atoms with van der Waals surface area (Å²) in [7, 11) is 0. The molecule has 0 amide bonds. The van der Waals surface area contributed by atoms with Crippen LogP contribution in [0.2, 0.25) is 5.02 Å². The van der Waals surface area contributed by atoms with E-state index in [-0.39, 0.29) is 6.10 Å². The molecule has 1 N–H and O–H groups in total. The fraction of sp³-hybridized carbons (Fsp3) is 0.125. The molecule has 0 saturated heterocycles. The molecule has 0 spiro atoms. The van der Waals surface area contributed by atoms with Crippen molar-refractivity contribution in [2.75, 3.05) is 5.32 Å². The van der Waals surface area contributed by atoms with Crippen LogP contribution in [0.5, 0.6) is 5.75 Å². The third-order valence-electron chi connectivity index (χ3n) is 2.94. The lowest BCUT2D eigenvalue weighted by Gasteiger charge is -2.11. The Morgan fingerprint density at radius 2 is 1.77 bits per heavy atom. The van der Waals surface area contributed by atoms with Crippen LogP contribution in [-0.2, 0) is 0 Å². The summed E-state index contributed by atoms with van der Waals surface area (Å²) >= 11 is 7.34. The van der Waals surface area contributed by atoms with Gasteiger partial charge in [-0.25, -0.2) is 0 Å². The van der Waals surface area contributed by atoms with Gasteiger partial charge in [-0.2, -0.15) is 0 Å². The van der Waals surface area contributed by atoms with Crippen LogP contribution < -0.4 is 10.1 Å². The van der Waals surface area contributed by atoms with Gasteiger partial charge in [-0.1, -0.05) is 41.1 Å². The maximum absolute atomic E-state index is 5.86. The number of benzene rings is 2. The average Bonchev–Trinajstić information content (AvgIpc) is 2.99. The summed E-state index contributed by atoms with van der Waals surface area (Å²) in [6, 6.07) is 17.1. The van der Waals surface area contributed by atoms with Crippen LogP contribution in [0, 0.1) is 0 Å². The minimum absolute atomic E-state index is 0.176. The van der Waals surface area contributed by atoms with Gasteiger partial charge < -0.3 is 10.1 Å². The van der Waals surface area contributed by atoms with E-state index in [1.54, 1.807) is 12.1 Å². The molecule has 4 nitrogen and oxygen atoms in total. The average molecular weight is 332 g/mol. The quantitative estimate of drug-likeness (QED) is 0.708. The molecule has 0 saturated carbocycles. The van der Waals surface area contributed by atoms with Crippen molar-refractivity contribution in [1.29, 1.82) is 0 Å². The van der Waals surface area contributed by atoms with Crippen molar-refractivity contribution in [1.82, 2.24) is 10.2 Å². The molecule has 3 rings (SSSR count). The molecule has 0 aliphatic heterocycles. The molecule has 0 radical (unpaired) electrons. The normalized spacial score (nSPS) is 11.9. The summed E-state index contributed by atoms with van der Waals surface area (Å²) in [5, 5.41) is 13.8. The van der Waals surface area contributed by atoms with Gasteiger partial charge in [0.25, 0.3) is 0 Å². The summed E-state index contributed by atoms with van der Waals surface area (Å²) in [4.78, 5) is 0. The first kappa shape index (κ1) is 14.8. The van der Waals surface area contributed by atoms with Gasteiger partial charge in [-0.3, -0.25) is 0 Å². The Hall–Kier alpha value is -2.11. The second-order valence-electron chi connectivity index (χ2n) is 4.65. The van der Waals surface area contributed by atoms with Crippen molar-refractivity contribution in [3.05, 3.63) is 64.6 Å². The fourth-order valence-electron chi connectivity index (χ4n) is 1.86. The Kier molecular flexibility index (Phi) is 4.56. The molecular formula is C16H14ClN3OS. The Balaban J connectivity index is 1.66. The first-order valence-electron chi connectivity index (χ1n) is 6.78. The molecule has 2 aromatic carbocycles. The highest BCUT2D eigenvalue weighted by Crippen LogP contribution is 2.28. The van der Waals surface area contributed by atoms with E-state index in [0.29, 0.717) is 5.02 Å². The van der Waals surface area contributed by atoms with Crippen LogP contribution in [-0.4, -0.2) is 10.2 Å². The van der Waals surface area contributed by atoms with Crippen molar-refractivity contribution < 1.29 is 4.74 Å². The van der Waals surface area contributed by atoms with Gasteiger partial charge in [0.2, 0.25) is 5.13 Å². The van der Waals surface area contributed by atoms with Crippen LogP contribution in [0.25, 0.3) is 0 Å². The van der Waals surface area contributed by atoms with E-state index in [1.807, 2.05) is 49.4 Å². The van der Waals surface area contributed by atoms with Crippen molar-refractivity contribution in [2.24, 2.45) is 0 Å². The lowest BCUT2D eigenvalue weighted by atomic mass is 10.3. The summed E-state index contributed by atoms with van der Waals surface area (Å²) in [6.45, 7) is 1.95. The van der Waals surface area contributed by atoms with Crippen LogP contribution >= 0.6 is 22.9 Å². The zero-order valence-electron chi connectivity index (χ0n) is 11.9. The highest BCUT2D eigenvalue weighted by molar-refractivity contribution is 7.15. The Labute approximate surface area is 137 Å². The largest absolute Gasteiger partial charge is 0.483 e. The minimum atomic E-state index is -0.176. The number of anilines is 2. The van der Waals surface area contributed by atoms with Gasteiger partial charge in [0.1, 0.15) is 11.9 Å². The van der Waals surface area contributed by atoms with E-state index in [9.17, 15) is 0 Å². The van der Waals surface area contributed by atoms with Crippen LogP contribution in [0.4, 0.5) is 10.8 Å². The molecule has 1 aromatic heterocycles. The second-order valence-corrected chi connectivity index (χ2v) is 6.10. The van der Waals surface area contributed by atoms with Crippen molar-refractivity contribution in [2.45, 2.75) is 13.0 Å². The van der Waals surface area contributed by atoms with Crippen LogP contribution in [0.1, 0.15) is 18.0 Å². The molecule has 1 heterocycles.